The zero-order valence-electron chi connectivity index (χ0n) is 10.8. The third-order valence-electron chi connectivity index (χ3n) is 3.16. The van der Waals surface area contributed by atoms with Crippen molar-refractivity contribution in [3.63, 3.8) is 0 Å². The lowest BCUT2D eigenvalue weighted by Crippen LogP contribution is -2.43. The lowest BCUT2D eigenvalue weighted by molar-refractivity contribution is 0.0264. The van der Waals surface area contributed by atoms with E-state index in [9.17, 15) is 8.42 Å². The van der Waals surface area contributed by atoms with Gasteiger partial charge < -0.3 is 4.74 Å². The molecule has 1 aliphatic heterocycles. The summed E-state index contributed by atoms with van der Waals surface area (Å²) in [7, 11) is -3.56. The molecule has 108 valence electrons. The Morgan fingerprint density at radius 3 is 3.11 bits per heavy atom. The topological polar surface area (TPSA) is 75.3 Å². The number of aromatic amines is 1. The predicted molar refractivity (Wildman–Crippen MR) is 71.6 cm³/mol. The minimum atomic E-state index is -3.56. The molecule has 0 saturated carbocycles. The highest BCUT2D eigenvalue weighted by Gasteiger charge is 2.32. The van der Waals surface area contributed by atoms with Crippen LogP contribution in [0, 0.1) is 0 Å². The van der Waals surface area contributed by atoms with Gasteiger partial charge in [0.2, 0.25) is 0 Å². The molecule has 0 amide bonds. The fraction of sp³-hybridized carbons (Fsp3) is 0.727. The number of nitrogens with zero attached hydrogens (tertiary/aromatic N) is 2. The van der Waals surface area contributed by atoms with Crippen molar-refractivity contribution in [1.82, 2.24) is 14.5 Å². The first-order valence-electron chi connectivity index (χ1n) is 6.29. The van der Waals surface area contributed by atoms with Gasteiger partial charge in [-0.05, 0) is 19.8 Å². The van der Waals surface area contributed by atoms with Crippen molar-refractivity contribution >= 4 is 21.6 Å². The largest absolute Gasteiger partial charge is 0.377 e. The molecule has 0 radical (unpaired) electrons. The minimum Gasteiger partial charge on any atom is -0.377 e. The number of aromatic nitrogens is 2. The number of hydrogen-bond acceptors (Lipinski definition) is 4. The quantitative estimate of drug-likeness (QED) is 0.833. The average molecular weight is 308 g/mol. The number of alkyl halides is 1. The Morgan fingerprint density at radius 2 is 2.42 bits per heavy atom. The van der Waals surface area contributed by atoms with Crippen LogP contribution in [0.4, 0.5) is 0 Å². The number of H-pyrrole nitrogens is 1. The van der Waals surface area contributed by atoms with Crippen LogP contribution in [0.2, 0.25) is 0 Å². The van der Waals surface area contributed by atoms with Gasteiger partial charge >= 0.3 is 0 Å². The van der Waals surface area contributed by atoms with Gasteiger partial charge in [-0.25, -0.2) is 8.42 Å². The van der Waals surface area contributed by atoms with E-state index in [0.29, 0.717) is 25.3 Å². The Balaban J connectivity index is 2.20. The molecule has 2 heterocycles. The van der Waals surface area contributed by atoms with Gasteiger partial charge in [-0.1, -0.05) is 0 Å². The van der Waals surface area contributed by atoms with E-state index >= 15 is 0 Å². The van der Waals surface area contributed by atoms with Crippen LogP contribution in [0.3, 0.4) is 0 Å². The predicted octanol–water partition coefficient (Wildman–Crippen LogP) is 1.34. The standard InChI is InChI=1S/C11H18ClN3O3S/c1-2-18-10-4-3-5-15(8-10)19(16,17)11-9(6-12)7-13-14-11/h7,10H,2-6,8H2,1H3,(H,13,14). The second kappa shape index (κ2) is 6.21. The molecule has 8 heteroatoms. The van der Waals surface area contributed by atoms with Crippen molar-refractivity contribution in [1.29, 1.82) is 0 Å². The average Bonchev–Trinajstić information content (AvgIpc) is 2.88. The van der Waals surface area contributed by atoms with Crippen LogP contribution in [0.1, 0.15) is 25.3 Å². The SMILES string of the molecule is CCOC1CCCN(S(=O)(=O)c2[nH]ncc2CCl)C1. The fourth-order valence-corrected chi connectivity index (χ4v) is 4.14. The Kier molecular flexibility index (Phi) is 4.83. The highest BCUT2D eigenvalue weighted by molar-refractivity contribution is 7.89. The number of halogens is 1. The second-order valence-electron chi connectivity index (χ2n) is 4.44. The Labute approximate surface area is 118 Å². The lowest BCUT2D eigenvalue weighted by atomic mass is 10.1. The molecule has 0 aromatic carbocycles. The summed E-state index contributed by atoms with van der Waals surface area (Å²) in [5.41, 5.74) is 0.500. The molecule has 1 fully saturated rings. The van der Waals surface area contributed by atoms with Gasteiger partial charge in [-0.3, -0.25) is 5.10 Å². The van der Waals surface area contributed by atoms with Crippen molar-refractivity contribution < 1.29 is 13.2 Å². The van der Waals surface area contributed by atoms with Gasteiger partial charge in [0.1, 0.15) is 0 Å². The molecule has 19 heavy (non-hydrogen) atoms. The first-order valence-corrected chi connectivity index (χ1v) is 8.27. The van der Waals surface area contributed by atoms with E-state index in [-0.39, 0.29) is 17.0 Å². The molecule has 1 aromatic rings. The van der Waals surface area contributed by atoms with Crippen molar-refractivity contribution in [2.45, 2.75) is 36.8 Å². The second-order valence-corrected chi connectivity index (χ2v) is 6.58. The highest BCUT2D eigenvalue weighted by atomic mass is 35.5. The number of hydrogen-bond donors (Lipinski definition) is 1. The molecule has 0 aliphatic carbocycles. The summed E-state index contributed by atoms with van der Waals surface area (Å²) in [4.78, 5) is 0. The summed E-state index contributed by atoms with van der Waals surface area (Å²) in [5, 5.41) is 6.40. The van der Waals surface area contributed by atoms with Crippen molar-refractivity contribution in [2.24, 2.45) is 0 Å². The molecule has 1 atom stereocenters. The molecule has 1 unspecified atom stereocenters. The van der Waals surface area contributed by atoms with E-state index < -0.39 is 10.0 Å². The summed E-state index contributed by atoms with van der Waals surface area (Å²) in [6, 6.07) is 0. The van der Waals surface area contributed by atoms with E-state index in [1.165, 1.54) is 10.5 Å². The normalized spacial score (nSPS) is 21.7. The van der Waals surface area contributed by atoms with Crippen LogP contribution in [-0.2, 0) is 20.6 Å². The van der Waals surface area contributed by atoms with Crippen molar-refractivity contribution in [3.8, 4) is 0 Å². The van der Waals surface area contributed by atoms with Crippen LogP contribution in [0.15, 0.2) is 11.2 Å². The first-order chi connectivity index (χ1) is 9.09. The number of nitrogens with one attached hydrogen (secondary N) is 1. The van der Waals surface area contributed by atoms with E-state index in [1.54, 1.807) is 0 Å². The van der Waals surface area contributed by atoms with Crippen LogP contribution in [0.5, 0.6) is 0 Å². The number of ether oxygens (including phenoxy) is 1. The molecule has 1 N–H and O–H groups in total. The number of rotatable bonds is 5. The third kappa shape index (κ3) is 3.10. The Bertz CT molecular complexity index is 515. The lowest BCUT2D eigenvalue weighted by Gasteiger charge is -2.31. The van der Waals surface area contributed by atoms with Gasteiger partial charge in [0, 0.05) is 25.3 Å². The molecule has 1 saturated heterocycles. The molecule has 1 aromatic heterocycles. The van der Waals surface area contributed by atoms with Gasteiger partial charge in [0.15, 0.2) is 5.03 Å². The van der Waals surface area contributed by atoms with Crippen LogP contribution >= 0.6 is 11.6 Å². The van der Waals surface area contributed by atoms with Gasteiger partial charge in [0.25, 0.3) is 10.0 Å². The summed E-state index contributed by atoms with van der Waals surface area (Å²) in [6.45, 7) is 3.40. The van der Waals surface area contributed by atoms with Crippen molar-refractivity contribution in [3.05, 3.63) is 11.8 Å². The fourth-order valence-electron chi connectivity index (χ4n) is 2.24. The highest BCUT2D eigenvalue weighted by Crippen LogP contribution is 2.23. The summed E-state index contributed by atoms with van der Waals surface area (Å²) in [6.07, 6.45) is 3.11. The smallest absolute Gasteiger partial charge is 0.260 e. The maximum absolute atomic E-state index is 12.5. The molecule has 6 nitrogen and oxygen atoms in total. The zero-order valence-corrected chi connectivity index (χ0v) is 12.4. The van der Waals surface area contributed by atoms with Crippen LogP contribution in [0.25, 0.3) is 0 Å². The molecular formula is C11H18ClN3O3S. The Morgan fingerprint density at radius 1 is 1.63 bits per heavy atom. The third-order valence-corrected chi connectivity index (χ3v) is 5.33. The van der Waals surface area contributed by atoms with E-state index in [2.05, 4.69) is 10.2 Å². The molecule has 0 bridgehead atoms. The minimum absolute atomic E-state index is 0.0316. The number of piperidine rings is 1. The monoisotopic (exact) mass is 307 g/mol. The Hall–Kier alpha value is -0.630. The van der Waals surface area contributed by atoms with Crippen LogP contribution in [-0.4, -0.2) is 48.7 Å². The van der Waals surface area contributed by atoms with E-state index in [4.69, 9.17) is 16.3 Å². The molecule has 0 spiro atoms. The maximum atomic E-state index is 12.5. The molecular weight excluding hydrogens is 290 g/mol. The van der Waals surface area contributed by atoms with Crippen molar-refractivity contribution in [2.75, 3.05) is 19.7 Å². The van der Waals surface area contributed by atoms with Gasteiger partial charge in [-0.2, -0.15) is 9.40 Å². The molecule has 1 aliphatic rings. The van der Waals surface area contributed by atoms with E-state index in [1.807, 2.05) is 6.92 Å². The summed E-state index contributed by atoms with van der Waals surface area (Å²) < 4.78 is 32.0. The zero-order chi connectivity index (χ0) is 13.9. The summed E-state index contributed by atoms with van der Waals surface area (Å²) in [5.74, 6) is 0.119. The first kappa shape index (κ1) is 14.8. The summed E-state index contributed by atoms with van der Waals surface area (Å²) >= 11 is 5.73. The van der Waals surface area contributed by atoms with Gasteiger partial charge in [-0.15, -0.1) is 11.6 Å². The maximum Gasteiger partial charge on any atom is 0.260 e. The van der Waals surface area contributed by atoms with E-state index in [0.717, 1.165) is 12.8 Å². The van der Waals surface area contributed by atoms with Crippen LogP contribution < -0.4 is 0 Å². The van der Waals surface area contributed by atoms with Gasteiger partial charge in [0.05, 0.1) is 18.2 Å². The molecule has 2 rings (SSSR count). The number of sulfonamides is 1.